The molecule has 1 aromatic carbocycles. The number of hydrogen-bond donors (Lipinski definition) is 1. The average Bonchev–Trinajstić information content (AvgIpc) is 3.17. The van der Waals surface area contributed by atoms with Crippen molar-refractivity contribution in [3.05, 3.63) is 53.0 Å². The first-order chi connectivity index (χ1) is 14.4. The Bertz CT molecular complexity index is 1090. The highest BCUT2D eigenvalue weighted by atomic mass is 19.3. The van der Waals surface area contributed by atoms with Gasteiger partial charge in [-0.15, -0.1) is 0 Å². The van der Waals surface area contributed by atoms with Crippen LogP contribution in [0, 0.1) is 6.92 Å². The molecule has 0 radical (unpaired) electrons. The lowest BCUT2D eigenvalue weighted by Gasteiger charge is -2.13. The van der Waals surface area contributed by atoms with Gasteiger partial charge in [-0.2, -0.15) is 10.1 Å². The molecule has 1 aliphatic rings. The number of nitrogens with one attached hydrogen (secondary N) is 1. The van der Waals surface area contributed by atoms with E-state index in [1.807, 2.05) is 31.2 Å². The lowest BCUT2D eigenvalue weighted by Crippen LogP contribution is -2.30. The molecule has 0 atom stereocenters. The van der Waals surface area contributed by atoms with Crippen LogP contribution >= 0.6 is 0 Å². The van der Waals surface area contributed by atoms with Gasteiger partial charge < -0.3 is 14.6 Å². The van der Waals surface area contributed by atoms with Crippen LogP contribution in [0.1, 0.15) is 41.9 Å². The zero-order valence-electron chi connectivity index (χ0n) is 16.1. The standard InChI is InChI=1S/C20H19F2N5O3/c1-12-4-2-3-5-13(12)20(6-7-20)19-24-18(30-26-19)14-10-15(17(21)22)27(25-14)11-16(29)23-8-9-28/h2-5,9-10,17H,6-8,11H2,1H3,(H,23,29). The molecule has 30 heavy (non-hydrogen) atoms. The van der Waals surface area contributed by atoms with E-state index < -0.39 is 24.6 Å². The molecule has 4 rings (SSSR count). The summed E-state index contributed by atoms with van der Waals surface area (Å²) in [6.45, 7) is 1.36. The average molecular weight is 415 g/mol. The van der Waals surface area contributed by atoms with Gasteiger partial charge in [-0.1, -0.05) is 29.4 Å². The van der Waals surface area contributed by atoms with E-state index in [-0.39, 0.29) is 23.5 Å². The second-order valence-electron chi connectivity index (χ2n) is 7.20. The first-order valence-corrected chi connectivity index (χ1v) is 9.41. The van der Waals surface area contributed by atoms with E-state index in [4.69, 9.17) is 4.52 Å². The Morgan fingerprint density at radius 1 is 1.37 bits per heavy atom. The van der Waals surface area contributed by atoms with E-state index in [1.54, 1.807) is 0 Å². The number of aryl methyl sites for hydroxylation is 1. The van der Waals surface area contributed by atoms with Crippen molar-refractivity contribution in [3.8, 4) is 11.6 Å². The predicted molar refractivity (Wildman–Crippen MR) is 101 cm³/mol. The summed E-state index contributed by atoms with van der Waals surface area (Å²) >= 11 is 0. The molecule has 156 valence electrons. The van der Waals surface area contributed by atoms with Crippen molar-refractivity contribution >= 4 is 12.2 Å². The minimum absolute atomic E-state index is 0.0128. The third kappa shape index (κ3) is 3.60. The summed E-state index contributed by atoms with van der Waals surface area (Å²) in [5.74, 6) is -0.108. The van der Waals surface area contributed by atoms with E-state index in [9.17, 15) is 18.4 Å². The molecule has 3 aromatic rings. The van der Waals surface area contributed by atoms with E-state index >= 15 is 0 Å². The number of aldehydes is 1. The summed E-state index contributed by atoms with van der Waals surface area (Å²) in [5.41, 5.74) is 1.50. The SMILES string of the molecule is Cc1ccccc1C1(c2noc(-c3cc(C(F)F)n(CC(=O)NCC=O)n3)n2)CC1. The third-order valence-electron chi connectivity index (χ3n) is 5.19. The Hall–Kier alpha value is -3.43. The van der Waals surface area contributed by atoms with Crippen molar-refractivity contribution in [2.75, 3.05) is 6.54 Å². The number of benzene rings is 1. The molecule has 1 saturated carbocycles. The van der Waals surface area contributed by atoms with E-state index in [0.717, 1.165) is 34.7 Å². The largest absolute Gasteiger partial charge is 0.348 e. The summed E-state index contributed by atoms with van der Waals surface area (Å²) in [6.07, 6.45) is -0.619. The molecule has 8 nitrogen and oxygen atoms in total. The van der Waals surface area contributed by atoms with Crippen LogP contribution < -0.4 is 5.32 Å². The summed E-state index contributed by atoms with van der Waals surface area (Å²) < 4.78 is 33.0. The van der Waals surface area contributed by atoms with Gasteiger partial charge in [0.15, 0.2) is 11.5 Å². The molecule has 1 aliphatic carbocycles. The molecule has 1 fully saturated rings. The van der Waals surface area contributed by atoms with Gasteiger partial charge in [0, 0.05) is 0 Å². The van der Waals surface area contributed by atoms with Crippen LogP contribution in [0.5, 0.6) is 0 Å². The topological polar surface area (TPSA) is 103 Å². The number of carbonyl (C=O) groups is 2. The van der Waals surface area contributed by atoms with Crippen molar-refractivity contribution in [2.24, 2.45) is 0 Å². The van der Waals surface area contributed by atoms with Gasteiger partial charge in [0.05, 0.1) is 12.0 Å². The molecule has 0 saturated heterocycles. The highest BCUT2D eigenvalue weighted by Crippen LogP contribution is 2.53. The number of hydrogen-bond acceptors (Lipinski definition) is 6. The molecule has 1 N–H and O–H groups in total. The third-order valence-corrected chi connectivity index (χ3v) is 5.19. The molecule has 2 heterocycles. The maximum atomic E-state index is 13.4. The van der Waals surface area contributed by atoms with Gasteiger partial charge in [-0.25, -0.2) is 8.78 Å². The number of nitrogens with zero attached hydrogens (tertiary/aromatic N) is 4. The molecule has 0 unspecified atom stereocenters. The normalized spacial score (nSPS) is 14.7. The Balaban J connectivity index is 1.62. The second-order valence-corrected chi connectivity index (χ2v) is 7.20. The van der Waals surface area contributed by atoms with Gasteiger partial charge in [0.1, 0.15) is 18.5 Å². The Kier molecular flexibility index (Phi) is 5.15. The van der Waals surface area contributed by atoms with E-state index in [1.165, 1.54) is 0 Å². The second kappa shape index (κ2) is 7.77. The van der Waals surface area contributed by atoms with Gasteiger partial charge >= 0.3 is 0 Å². The zero-order chi connectivity index (χ0) is 21.3. The van der Waals surface area contributed by atoms with Gasteiger partial charge in [-0.3, -0.25) is 9.48 Å². The van der Waals surface area contributed by atoms with Gasteiger partial charge in [-0.05, 0) is 37.0 Å². The Morgan fingerprint density at radius 2 is 2.13 bits per heavy atom. The predicted octanol–water partition coefficient (Wildman–Crippen LogP) is 2.57. The summed E-state index contributed by atoms with van der Waals surface area (Å²) in [7, 11) is 0. The molecule has 10 heteroatoms. The zero-order valence-corrected chi connectivity index (χ0v) is 16.1. The number of carbonyl (C=O) groups excluding carboxylic acids is 2. The number of rotatable bonds is 8. The maximum absolute atomic E-state index is 13.4. The Labute approximate surface area is 170 Å². The van der Waals surface area contributed by atoms with Crippen LogP contribution in [-0.4, -0.2) is 38.7 Å². The van der Waals surface area contributed by atoms with Crippen LogP contribution in [0.2, 0.25) is 0 Å². The van der Waals surface area contributed by atoms with Crippen LogP contribution in [-0.2, 0) is 21.5 Å². The van der Waals surface area contributed by atoms with Crippen LogP contribution in [0.15, 0.2) is 34.9 Å². The number of aromatic nitrogens is 4. The highest BCUT2D eigenvalue weighted by molar-refractivity contribution is 5.78. The first-order valence-electron chi connectivity index (χ1n) is 9.41. The van der Waals surface area contributed by atoms with Gasteiger partial charge in [0.2, 0.25) is 5.91 Å². The number of alkyl halides is 2. The first kappa shape index (κ1) is 19.9. The Morgan fingerprint density at radius 3 is 2.80 bits per heavy atom. The quantitative estimate of drug-likeness (QED) is 0.567. The van der Waals surface area contributed by atoms with Crippen molar-refractivity contribution in [2.45, 2.75) is 38.2 Å². The highest BCUT2D eigenvalue weighted by Gasteiger charge is 2.50. The number of amides is 1. The van der Waals surface area contributed by atoms with Crippen molar-refractivity contribution < 1.29 is 22.9 Å². The lowest BCUT2D eigenvalue weighted by molar-refractivity contribution is -0.123. The smallest absolute Gasteiger partial charge is 0.280 e. The van der Waals surface area contributed by atoms with Crippen molar-refractivity contribution in [1.29, 1.82) is 0 Å². The molecule has 0 bridgehead atoms. The monoisotopic (exact) mass is 415 g/mol. The lowest BCUT2D eigenvalue weighted by atomic mass is 9.91. The summed E-state index contributed by atoms with van der Waals surface area (Å²) in [4.78, 5) is 26.6. The van der Waals surface area contributed by atoms with Gasteiger partial charge in [0.25, 0.3) is 12.3 Å². The van der Waals surface area contributed by atoms with E-state index in [0.29, 0.717) is 12.1 Å². The molecule has 1 amide bonds. The molecular weight excluding hydrogens is 396 g/mol. The minimum Gasteiger partial charge on any atom is -0.348 e. The summed E-state index contributed by atoms with van der Waals surface area (Å²) in [5, 5.41) is 10.4. The van der Waals surface area contributed by atoms with Crippen LogP contribution in [0.4, 0.5) is 8.78 Å². The van der Waals surface area contributed by atoms with E-state index in [2.05, 4.69) is 20.6 Å². The molecule has 0 spiro atoms. The van der Waals surface area contributed by atoms with Crippen LogP contribution in [0.3, 0.4) is 0 Å². The fraction of sp³-hybridized carbons (Fsp3) is 0.350. The fourth-order valence-corrected chi connectivity index (χ4v) is 3.56. The molecular formula is C20H19F2N5O3. The van der Waals surface area contributed by atoms with Crippen molar-refractivity contribution in [3.63, 3.8) is 0 Å². The maximum Gasteiger partial charge on any atom is 0.280 e. The number of halogens is 2. The molecule has 2 aromatic heterocycles. The van der Waals surface area contributed by atoms with Crippen molar-refractivity contribution in [1.82, 2.24) is 25.2 Å². The molecule has 0 aliphatic heterocycles. The minimum atomic E-state index is -2.85. The summed E-state index contributed by atoms with van der Waals surface area (Å²) in [6, 6.07) is 9.08. The van der Waals surface area contributed by atoms with Crippen LogP contribution in [0.25, 0.3) is 11.6 Å². The fourth-order valence-electron chi connectivity index (χ4n) is 3.56.